The number of aliphatic hydroxyl groups is 1. The van der Waals surface area contributed by atoms with Gasteiger partial charge in [0.25, 0.3) is 0 Å². The smallest absolute Gasteiger partial charge is 0.150 e. The Morgan fingerprint density at radius 2 is 1.94 bits per heavy atom. The second-order valence-corrected chi connectivity index (χ2v) is 10.4. The largest absolute Gasteiger partial charge is 0.370 e. The first-order valence-corrected chi connectivity index (χ1v) is 12.4. The molecule has 2 atom stereocenters. The molecule has 4 heterocycles. The van der Waals surface area contributed by atoms with Gasteiger partial charge in [0.05, 0.1) is 20.9 Å². The van der Waals surface area contributed by atoms with E-state index in [9.17, 15) is 5.11 Å². The number of hydrogen-bond donors (Lipinski definition) is 1. The third-order valence-corrected chi connectivity index (χ3v) is 7.68. The van der Waals surface area contributed by atoms with Crippen LogP contribution in [0.1, 0.15) is 30.3 Å². The van der Waals surface area contributed by atoms with Crippen LogP contribution in [0, 0.1) is 12.8 Å². The summed E-state index contributed by atoms with van der Waals surface area (Å²) in [6.45, 7) is 8.56. The van der Waals surface area contributed by atoms with E-state index in [2.05, 4.69) is 71.4 Å². The maximum Gasteiger partial charge on any atom is 0.150 e. The number of benzene rings is 1. The third-order valence-electron chi connectivity index (χ3n) is 6.73. The number of aliphatic hydroxyl groups excluding tert-OH is 1. The van der Waals surface area contributed by atoms with Gasteiger partial charge in [-0.05, 0) is 80.8 Å². The lowest BCUT2D eigenvalue weighted by Gasteiger charge is -2.35. The van der Waals surface area contributed by atoms with Gasteiger partial charge in [0.2, 0.25) is 0 Å². The topological polar surface area (TPSA) is 42.8 Å². The zero-order valence-corrected chi connectivity index (χ0v) is 20.0. The zero-order chi connectivity index (χ0) is 22.2. The molecule has 1 fully saturated rings. The van der Waals surface area contributed by atoms with Crippen LogP contribution in [0.25, 0.3) is 15.8 Å². The number of likely N-dealkylation sites (N-methyl/N-ethyl adjacent to an activating group) is 1. The van der Waals surface area contributed by atoms with E-state index in [1.54, 1.807) is 11.3 Å². The van der Waals surface area contributed by atoms with Gasteiger partial charge in [-0.2, -0.15) is 0 Å². The summed E-state index contributed by atoms with van der Waals surface area (Å²) in [7, 11) is 2.19. The molecule has 2 aromatic rings. The van der Waals surface area contributed by atoms with Crippen molar-refractivity contribution in [3.63, 3.8) is 0 Å². The first-order valence-electron chi connectivity index (χ1n) is 11.6. The Morgan fingerprint density at radius 3 is 2.81 bits per heavy atom. The lowest BCUT2D eigenvalue weighted by molar-refractivity contribution is 0.103. The van der Waals surface area contributed by atoms with Crippen molar-refractivity contribution in [3.05, 3.63) is 70.7 Å². The quantitative estimate of drug-likeness (QED) is 0.728. The summed E-state index contributed by atoms with van der Waals surface area (Å²) < 4.78 is 1.21. The van der Waals surface area contributed by atoms with Crippen molar-refractivity contribution in [2.24, 2.45) is 5.92 Å². The van der Waals surface area contributed by atoms with Crippen molar-refractivity contribution in [2.75, 3.05) is 33.2 Å². The fraction of sp³-hybridized carbons (Fsp3) is 0.423. The van der Waals surface area contributed by atoms with Crippen LogP contribution in [0.2, 0.25) is 0 Å². The Hall–Kier alpha value is -2.41. The molecular formula is C26H32N4OS. The van der Waals surface area contributed by atoms with Crippen LogP contribution >= 0.6 is 11.3 Å². The predicted octanol–water partition coefficient (Wildman–Crippen LogP) is 4.58. The number of aryl methyl sites for hydroxylation is 1. The van der Waals surface area contributed by atoms with Crippen molar-refractivity contribution in [1.29, 1.82) is 0 Å². The van der Waals surface area contributed by atoms with Crippen LogP contribution in [-0.2, 0) is 0 Å². The number of allylic oxidation sites excluding steroid dienone is 4. The molecule has 2 unspecified atom stereocenters. The summed E-state index contributed by atoms with van der Waals surface area (Å²) in [5, 5.41) is 12.4. The van der Waals surface area contributed by atoms with Gasteiger partial charge >= 0.3 is 0 Å². The van der Waals surface area contributed by atoms with Crippen molar-refractivity contribution in [1.82, 2.24) is 19.7 Å². The molecule has 32 heavy (non-hydrogen) atoms. The van der Waals surface area contributed by atoms with Crippen molar-refractivity contribution in [2.45, 2.75) is 32.9 Å². The number of hydrogen-bond acceptors (Lipinski definition) is 6. The molecule has 1 aromatic carbocycles. The lowest BCUT2D eigenvalue weighted by atomic mass is 9.89. The highest BCUT2D eigenvalue weighted by molar-refractivity contribution is 7.18. The Balaban J connectivity index is 1.45. The third kappa shape index (κ3) is 4.27. The first kappa shape index (κ1) is 21.4. The molecule has 3 aliphatic heterocycles. The Kier molecular flexibility index (Phi) is 5.93. The van der Waals surface area contributed by atoms with Crippen molar-refractivity contribution < 1.29 is 5.11 Å². The zero-order valence-electron chi connectivity index (χ0n) is 19.2. The number of thiazole rings is 1. The summed E-state index contributed by atoms with van der Waals surface area (Å²) in [6, 6.07) is 6.50. The van der Waals surface area contributed by atoms with E-state index >= 15 is 0 Å². The average Bonchev–Trinajstić information content (AvgIpc) is 3.02. The molecule has 0 spiro atoms. The van der Waals surface area contributed by atoms with E-state index < -0.39 is 6.23 Å². The molecule has 0 saturated carbocycles. The minimum Gasteiger partial charge on any atom is -0.370 e. The highest BCUT2D eigenvalue weighted by Crippen LogP contribution is 2.34. The van der Waals surface area contributed by atoms with Gasteiger partial charge in [-0.25, -0.2) is 4.98 Å². The molecule has 0 aliphatic carbocycles. The molecule has 0 amide bonds. The molecule has 1 saturated heterocycles. The van der Waals surface area contributed by atoms with Crippen molar-refractivity contribution in [3.8, 4) is 0 Å². The van der Waals surface area contributed by atoms with Crippen LogP contribution in [0.5, 0.6) is 0 Å². The minimum absolute atomic E-state index is 0.316. The molecule has 0 radical (unpaired) electrons. The van der Waals surface area contributed by atoms with E-state index in [4.69, 9.17) is 0 Å². The summed E-state index contributed by atoms with van der Waals surface area (Å²) in [6.07, 6.45) is 12.2. The second kappa shape index (κ2) is 8.85. The summed E-state index contributed by atoms with van der Waals surface area (Å²) in [5.74, 6) is 0.316. The Morgan fingerprint density at radius 1 is 1.09 bits per heavy atom. The van der Waals surface area contributed by atoms with E-state index in [0.29, 0.717) is 5.92 Å². The van der Waals surface area contributed by atoms with Gasteiger partial charge in [0, 0.05) is 31.5 Å². The Labute approximate surface area is 194 Å². The van der Waals surface area contributed by atoms with E-state index in [-0.39, 0.29) is 0 Å². The van der Waals surface area contributed by atoms with Gasteiger partial charge in [-0.15, -0.1) is 11.3 Å². The van der Waals surface area contributed by atoms with Crippen LogP contribution in [0.3, 0.4) is 0 Å². The van der Waals surface area contributed by atoms with Gasteiger partial charge in [-0.3, -0.25) is 0 Å². The molecule has 3 aliphatic rings. The SMILES string of the molecule is Cc1nc2cc(C3=CC(O)N4C=C(N5CCCN(C)CC5)C=CC4=CCC3C)ccc2s1. The van der Waals surface area contributed by atoms with E-state index in [0.717, 1.165) is 60.8 Å². The van der Waals surface area contributed by atoms with Gasteiger partial charge in [-0.1, -0.05) is 19.1 Å². The molecule has 1 N–H and O–H groups in total. The Bertz CT molecular complexity index is 1130. The molecule has 1 aromatic heterocycles. The normalized spacial score (nSPS) is 24.9. The highest BCUT2D eigenvalue weighted by atomic mass is 32.1. The molecule has 168 valence electrons. The van der Waals surface area contributed by atoms with Gasteiger partial charge < -0.3 is 19.8 Å². The van der Waals surface area contributed by atoms with Crippen LogP contribution in [-0.4, -0.2) is 64.2 Å². The fourth-order valence-electron chi connectivity index (χ4n) is 4.84. The fourth-order valence-corrected chi connectivity index (χ4v) is 5.65. The standard InChI is InChI=1S/C26H32N4OS/c1-18-5-7-21-8-9-22(29-12-4-11-28(3)13-14-29)17-30(21)26(31)16-23(18)20-6-10-25-24(15-20)27-19(2)32-25/h6-10,15-18,26,31H,4-5,11-14H2,1-3H3. The van der Waals surface area contributed by atoms with E-state index in [1.807, 2.05) is 17.9 Å². The number of nitrogens with zero attached hydrogens (tertiary/aromatic N) is 4. The van der Waals surface area contributed by atoms with Gasteiger partial charge in [0.15, 0.2) is 6.23 Å². The highest BCUT2D eigenvalue weighted by Gasteiger charge is 2.25. The van der Waals surface area contributed by atoms with Crippen LogP contribution < -0.4 is 0 Å². The molecule has 5 rings (SSSR count). The second-order valence-electron chi connectivity index (χ2n) is 9.16. The monoisotopic (exact) mass is 448 g/mol. The van der Waals surface area contributed by atoms with Crippen LogP contribution in [0.15, 0.2) is 60.1 Å². The summed E-state index contributed by atoms with van der Waals surface area (Å²) in [4.78, 5) is 11.5. The average molecular weight is 449 g/mol. The molecule has 5 nitrogen and oxygen atoms in total. The number of rotatable bonds is 2. The first-order chi connectivity index (χ1) is 15.5. The lowest BCUT2D eigenvalue weighted by Crippen LogP contribution is -2.35. The number of fused-ring (bicyclic) bond motifs is 2. The molecular weight excluding hydrogens is 416 g/mol. The maximum atomic E-state index is 11.3. The summed E-state index contributed by atoms with van der Waals surface area (Å²) in [5.41, 5.74) is 5.63. The van der Waals surface area contributed by atoms with E-state index in [1.165, 1.54) is 16.0 Å². The predicted molar refractivity (Wildman–Crippen MR) is 133 cm³/mol. The molecule has 6 heteroatoms. The summed E-state index contributed by atoms with van der Waals surface area (Å²) >= 11 is 1.73. The van der Waals surface area contributed by atoms with Crippen LogP contribution in [0.4, 0.5) is 0 Å². The molecule has 0 bridgehead atoms. The minimum atomic E-state index is -0.707. The number of aromatic nitrogens is 1. The van der Waals surface area contributed by atoms with Crippen molar-refractivity contribution >= 4 is 27.1 Å². The maximum absolute atomic E-state index is 11.3. The van der Waals surface area contributed by atoms with Gasteiger partial charge in [0.1, 0.15) is 0 Å².